The summed E-state index contributed by atoms with van der Waals surface area (Å²) in [4.78, 5) is 0. The summed E-state index contributed by atoms with van der Waals surface area (Å²) in [5, 5.41) is 3.34. The van der Waals surface area contributed by atoms with Gasteiger partial charge in [-0.15, -0.1) is 11.3 Å². The molecule has 24 heavy (non-hydrogen) atoms. The van der Waals surface area contributed by atoms with Crippen LogP contribution >= 0.6 is 11.3 Å². The number of hydrogen-bond donors (Lipinski definition) is 1. The maximum absolute atomic E-state index is 5.80. The van der Waals surface area contributed by atoms with Crippen molar-refractivity contribution in [2.45, 2.75) is 20.4 Å². The van der Waals surface area contributed by atoms with E-state index in [9.17, 15) is 0 Å². The van der Waals surface area contributed by atoms with Crippen LogP contribution in [0.1, 0.15) is 17.0 Å². The lowest BCUT2D eigenvalue weighted by Gasteiger charge is -2.13. The van der Waals surface area contributed by atoms with Gasteiger partial charge in [0.1, 0.15) is 16.5 Å². The van der Waals surface area contributed by atoms with Crippen molar-refractivity contribution in [2.75, 3.05) is 14.2 Å². The third kappa shape index (κ3) is 2.81. The second kappa shape index (κ2) is 6.71. The van der Waals surface area contributed by atoms with Gasteiger partial charge in [-0.05, 0) is 49.7 Å². The average molecular weight is 342 g/mol. The number of hydrogen-bond acceptors (Lipinski definition) is 4. The highest BCUT2D eigenvalue weighted by Gasteiger charge is 2.15. The molecule has 2 heterocycles. The van der Waals surface area contributed by atoms with E-state index in [0.717, 1.165) is 28.2 Å². The van der Waals surface area contributed by atoms with Crippen LogP contribution in [0.15, 0.2) is 35.7 Å². The Bertz CT molecular complexity index is 845. The molecule has 0 bridgehead atoms. The lowest BCUT2D eigenvalue weighted by Crippen LogP contribution is -2.01. The zero-order valence-corrected chi connectivity index (χ0v) is 15.2. The zero-order valence-electron chi connectivity index (χ0n) is 14.4. The van der Waals surface area contributed by atoms with Crippen molar-refractivity contribution < 1.29 is 9.47 Å². The number of ether oxygens (including phenoxy) is 2. The smallest absolute Gasteiger partial charge is 0.127 e. The van der Waals surface area contributed by atoms with Crippen molar-refractivity contribution >= 4 is 11.3 Å². The number of methoxy groups -OCH3 is 2. The van der Waals surface area contributed by atoms with E-state index < -0.39 is 0 Å². The molecule has 0 saturated heterocycles. The molecule has 0 aliphatic heterocycles. The summed E-state index contributed by atoms with van der Waals surface area (Å²) in [6.07, 6.45) is 0. The molecule has 0 saturated carbocycles. The number of aryl methyl sites for hydroxylation is 2. The van der Waals surface area contributed by atoms with E-state index in [4.69, 9.17) is 15.2 Å². The van der Waals surface area contributed by atoms with Gasteiger partial charge in [0.25, 0.3) is 0 Å². The van der Waals surface area contributed by atoms with Gasteiger partial charge in [0.05, 0.1) is 14.2 Å². The fourth-order valence-corrected chi connectivity index (χ4v) is 3.98. The quantitative estimate of drug-likeness (QED) is 0.752. The van der Waals surface area contributed by atoms with E-state index in [1.165, 1.54) is 16.4 Å². The van der Waals surface area contributed by atoms with Crippen molar-refractivity contribution in [3.63, 3.8) is 0 Å². The van der Waals surface area contributed by atoms with E-state index >= 15 is 0 Å². The van der Waals surface area contributed by atoms with Gasteiger partial charge in [-0.3, -0.25) is 0 Å². The van der Waals surface area contributed by atoms with Crippen molar-refractivity contribution in [3.05, 3.63) is 52.7 Å². The largest absolute Gasteiger partial charge is 0.496 e. The summed E-state index contributed by atoms with van der Waals surface area (Å²) < 4.78 is 13.3. The SMILES string of the molecule is COc1cc(-c2csc(-n3c(C)ccc3C)c2)c(OC)cc1CN. The molecule has 4 nitrogen and oxygen atoms in total. The van der Waals surface area contributed by atoms with Gasteiger partial charge < -0.3 is 19.8 Å². The predicted octanol–water partition coefficient (Wildman–Crippen LogP) is 4.30. The van der Waals surface area contributed by atoms with Gasteiger partial charge in [0.15, 0.2) is 0 Å². The minimum Gasteiger partial charge on any atom is -0.496 e. The van der Waals surface area contributed by atoms with Crippen LogP contribution < -0.4 is 15.2 Å². The summed E-state index contributed by atoms with van der Waals surface area (Å²) in [6, 6.07) is 10.4. The van der Waals surface area contributed by atoms with Gasteiger partial charge in [-0.25, -0.2) is 0 Å². The Morgan fingerprint density at radius 2 is 1.67 bits per heavy atom. The summed E-state index contributed by atoms with van der Waals surface area (Å²) in [5.74, 6) is 1.59. The van der Waals surface area contributed by atoms with Gasteiger partial charge in [-0.2, -0.15) is 0 Å². The molecule has 0 fully saturated rings. The Labute approximate surface area is 146 Å². The number of rotatable bonds is 5. The third-order valence-electron chi connectivity index (χ3n) is 4.21. The molecule has 0 aliphatic rings. The van der Waals surface area contributed by atoms with E-state index in [2.05, 4.69) is 42.0 Å². The minimum absolute atomic E-state index is 0.413. The molecule has 0 unspecified atom stereocenters. The van der Waals surface area contributed by atoms with Crippen LogP contribution in [0.3, 0.4) is 0 Å². The molecule has 0 atom stereocenters. The molecule has 0 amide bonds. The lowest BCUT2D eigenvalue weighted by atomic mass is 10.0. The molecular weight excluding hydrogens is 320 g/mol. The number of aromatic nitrogens is 1. The van der Waals surface area contributed by atoms with Crippen molar-refractivity contribution in [1.29, 1.82) is 0 Å². The maximum Gasteiger partial charge on any atom is 0.127 e. The number of nitrogens with two attached hydrogens (primary N) is 1. The standard InChI is InChI=1S/C19H22N2O2S/c1-12-5-6-13(2)21(12)19-8-15(11-24-19)16-9-17(22-3)14(10-20)7-18(16)23-4/h5-9,11H,10,20H2,1-4H3. The highest BCUT2D eigenvalue weighted by Crippen LogP contribution is 2.39. The molecule has 0 aliphatic carbocycles. The van der Waals surface area contributed by atoms with Crippen molar-refractivity contribution in [3.8, 4) is 27.6 Å². The van der Waals surface area contributed by atoms with E-state index in [1.54, 1.807) is 25.6 Å². The van der Waals surface area contributed by atoms with Crippen LogP contribution in [-0.2, 0) is 6.54 Å². The van der Waals surface area contributed by atoms with E-state index in [-0.39, 0.29) is 0 Å². The molecule has 5 heteroatoms. The number of benzene rings is 1. The van der Waals surface area contributed by atoms with Crippen LogP contribution in [0.25, 0.3) is 16.1 Å². The maximum atomic E-state index is 5.80. The summed E-state index contributed by atoms with van der Waals surface area (Å²) >= 11 is 1.71. The fourth-order valence-electron chi connectivity index (χ4n) is 2.95. The van der Waals surface area contributed by atoms with Crippen molar-refractivity contribution in [1.82, 2.24) is 4.57 Å². The Hall–Kier alpha value is -2.24. The number of thiophene rings is 1. The van der Waals surface area contributed by atoms with E-state index in [0.29, 0.717) is 6.54 Å². The topological polar surface area (TPSA) is 49.4 Å². The van der Waals surface area contributed by atoms with Gasteiger partial charge in [0, 0.05) is 34.4 Å². The molecule has 126 valence electrons. The zero-order chi connectivity index (χ0) is 17.3. The monoisotopic (exact) mass is 342 g/mol. The Morgan fingerprint density at radius 1 is 1.00 bits per heavy atom. The van der Waals surface area contributed by atoms with Crippen LogP contribution in [0.5, 0.6) is 11.5 Å². The van der Waals surface area contributed by atoms with E-state index in [1.807, 2.05) is 12.1 Å². The van der Waals surface area contributed by atoms with Crippen LogP contribution in [0.2, 0.25) is 0 Å². The van der Waals surface area contributed by atoms with Crippen LogP contribution in [0.4, 0.5) is 0 Å². The molecular formula is C19H22N2O2S. The minimum atomic E-state index is 0.413. The van der Waals surface area contributed by atoms with Crippen LogP contribution in [-0.4, -0.2) is 18.8 Å². The highest BCUT2D eigenvalue weighted by atomic mass is 32.1. The predicted molar refractivity (Wildman–Crippen MR) is 99.6 cm³/mol. The van der Waals surface area contributed by atoms with Crippen molar-refractivity contribution in [2.24, 2.45) is 5.73 Å². The van der Waals surface area contributed by atoms with Gasteiger partial charge >= 0.3 is 0 Å². The second-order valence-electron chi connectivity index (χ2n) is 5.69. The highest BCUT2D eigenvalue weighted by molar-refractivity contribution is 7.13. The first-order valence-corrected chi connectivity index (χ1v) is 8.66. The van der Waals surface area contributed by atoms with Gasteiger partial charge in [-0.1, -0.05) is 0 Å². The fraction of sp³-hybridized carbons (Fsp3) is 0.263. The summed E-state index contributed by atoms with van der Waals surface area (Å²) in [5.41, 5.74) is 11.3. The first-order valence-electron chi connectivity index (χ1n) is 7.78. The normalized spacial score (nSPS) is 10.9. The Morgan fingerprint density at radius 3 is 2.25 bits per heavy atom. The number of nitrogens with zero attached hydrogens (tertiary/aromatic N) is 1. The third-order valence-corrected chi connectivity index (χ3v) is 5.12. The first-order chi connectivity index (χ1) is 11.6. The molecule has 2 N–H and O–H groups in total. The molecule has 3 rings (SSSR count). The lowest BCUT2D eigenvalue weighted by molar-refractivity contribution is 0.400. The molecule has 0 radical (unpaired) electrons. The molecule has 1 aromatic carbocycles. The second-order valence-corrected chi connectivity index (χ2v) is 6.58. The molecule has 3 aromatic rings. The first kappa shape index (κ1) is 16.6. The average Bonchev–Trinajstić information content (AvgIpc) is 3.20. The van der Waals surface area contributed by atoms with Crippen LogP contribution in [0, 0.1) is 13.8 Å². The van der Waals surface area contributed by atoms with Gasteiger partial charge in [0.2, 0.25) is 0 Å². The summed E-state index contributed by atoms with van der Waals surface area (Å²) in [6.45, 7) is 4.65. The summed E-state index contributed by atoms with van der Waals surface area (Å²) in [7, 11) is 3.34. The Balaban J connectivity index is 2.10. The Kier molecular flexibility index (Phi) is 4.64. The molecule has 2 aromatic heterocycles. The molecule has 0 spiro atoms.